The summed E-state index contributed by atoms with van der Waals surface area (Å²) >= 11 is 4.38. The van der Waals surface area contributed by atoms with Crippen molar-refractivity contribution in [2.75, 3.05) is 11.5 Å². The molecule has 2 aliphatic carbocycles. The molecule has 0 amide bonds. The van der Waals surface area contributed by atoms with Crippen LogP contribution in [0.15, 0.2) is 0 Å². The minimum atomic E-state index is -6.09. The first kappa shape index (κ1) is 24.4. The fraction of sp³-hybridized carbons (Fsp3) is 0.947. The van der Waals surface area contributed by atoms with E-state index in [1.807, 2.05) is 4.20 Å². The minimum absolute atomic E-state index is 0.966. The first-order valence-corrected chi connectivity index (χ1v) is 13.6. The van der Waals surface area contributed by atoms with Crippen LogP contribution in [0, 0.1) is 23.7 Å². The Morgan fingerprint density at radius 1 is 1.04 bits per heavy atom. The predicted octanol–water partition coefficient (Wildman–Crippen LogP) is 5.41. The molecular weight excluding hydrogens is 429 g/mol. The summed E-state index contributed by atoms with van der Waals surface area (Å²) in [6.45, 7) is 2.38. The normalized spacial score (nSPS) is 32.1. The van der Waals surface area contributed by atoms with Gasteiger partial charge in [-0.1, -0.05) is 37.9 Å². The lowest BCUT2D eigenvalue weighted by molar-refractivity contribution is -0.0517. The van der Waals surface area contributed by atoms with Gasteiger partial charge >= 0.3 is 5.51 Å². The van der Waals surface area contributed by atoms with Gasteiger partial charge in [-0.05, 0) is 56.3 Å². The maximum atomic E-state index is 10.7. The van der Waals surface area contributed by atoms with E-state index >= 15 is 0 Å². The van der Waals surface area contributed by atoms with Crippen molar-refractivity contribution in [2.45, 2.75) is 76.6 Å². The molecule has 0 N–H and O–H groups in total. The van der Waals surface area contributed by atoms with E-state index in [0.717, 1.165) is 23.7 Å². The van der Waals surface area contributed by atoms with Crippen molar-refractivity contribution in [3.63, 3.8) is 0 Å². The molecule has 0 spiro atoms. The van der Waals surface area contributed by atoms with E-state index in [1.54, 1.807) is 12.8 Å². The molecule has 0 aromatic heterocycles. The fourth-order valence-corrected chi connectivity index (χ4v) is 7.51. The molecule has 0 radical (unpaired) electrons. The van der Waals surface area contributed by atoms with Crippen LogP contribution in [0.2, 0.25) is 0 Å². The van der Waals surface area contributed by atoms with Gasteiger partial charge in [-0.3, -0.25) is 0 Å². The SMILES string of the molecule is CCC1CCC(C2CCC(C3=[S+]CCCS3)CC2)CC1.O=S(=O)([O-])C(F)(F)F. The quantitative estimate of drug-likeness (QED) is 0.245. The van der Waals surface area contributed by atoms with Crippen LogP contribution in [0.1, 0.15) is 71.1 Å². The van der Waals surface area contributed by atoms with Gasteiger partial charge in [0.05, 0.1) is 0 Å². The summed E-state index contributed by atoms with van der Waals surface area (Å²) in [4.78, 5) is 0. The molecule has 0 aromatic rings. The third-order valence-corrected chi connectivity index (χ3v) is 9.80. The van der Waals surface area contributed by atoms with E-state index in [0.29, 0.717) is 0 Å². The molecule has 3 rings (SSSR count). The first-order chi connectivity index (χ1) is 13.1. The molecule has 2 saturated carbocycles. The third kappa shape index (κ3) is 7.43. The molecule has 164 valence electrons. The Labute approximate surface area is 175 Å². The highest BCUT2D eigenvalue weighted by Crippen LogP contribution is 2.43. The van der Waals surface area contributed by atoms with Gasteiger partial charge in [0.15, 0.2) is 27.2 Å². The zero-order valence-corrected chi connectivity index (χ0v) is 18.8. The second-order valence-corrected chi connectivity index (χ2v) is 12.0. The first-order valence-electron chi connectivity index (χ1n) is 10.3. The van der Waals surface area contributed by atoms with Crippen molar-refractivity contribution in [3.05, 3.63) is 0 Å². The zero-order valence-electron chi connectivity index (χ0n) is 16.4. The molecule has 0 bridgehead atoms. The summed E-state index contributed by atoms with van der Waals surface area (Å²) in [6.07, 6.45) is 15.1. The van der Waals surface area contributed by atoms with E-state index in [9.17, 15) is 13.2 Å². The molecular formula is C19H31F3O3S3. The standard InChI is InChI=1S/C18H31S2.CHF3O3S/c1-2-14-4-6-15(7-5-14)16-8-10-17(11-9-16)18-19-12-3-13-20-18;2-1(3,4)8(5,6)7/h14-17H,2-13H2,1H3;(H,5,6,7)/q+1;/p-1. The monoisotopic (exact) mass is 460 g/mol. The number of hydrogen-bond donors (Lipinski definition) is 0. The summed E-state index contributed by atoms with van der Waals surface area (Å²) in [7, 11) is -6.09. The summed E-state index contributed by atoms with van der Waals surface area (Å²) in [5, 5.41) is 0. The highest BCUT2D eigenvalue weighted by atomic mass is 32.2. The van der Waals surface area contributed by atoms with Gasteiger partial charge in [-0.2, -0.15) is 13.2 Å². The van der Waals surface area contributed by atoms with Crippen molar-refractivity contribution in [2.24, 2.45) is 23.7 Å². The summed E-state index contributed by atoms with van der Waals surface area (Å²) in [5.74, 6) is 6.99. The lowest BCUT2D eigenvalue weighted by atomic mass is 9.69. The van der Waals surface area contributed by atoms with E-state index in [4.69, 9.17) is 13.0 Å². The fourth-order valence-electron chi connectivity index (χ4n) is 4.58. The van der Waals surface area contributed by atoms with Crippen LogP contribution in [-0.2, 0) is 21.5 Å². The summed E-state index contributed by atoms with van der Waals surface area (Å²) in [5.41, 5.74) is -5.65. The molecule has 28 heavy (non-hydrogen) atoms. The molecule has 2 fully saturated rings. The van der Waals surface area contributed by atoms with Gasteiger partial charge in [0.1, 0.15) is 0 Å². The molecule has 3 aliphatic rings. The number of hydrogen-bond acceptors (Lipinski definition) is 4. The van der Waals surface area contributed by atoms with Crippen molar-refractivity contribution in [1.29, 1.82) is 0 Å². The molecule has 3 nitrogen and oxygen atoms in total. The Balaban J connectivity index is 0.000000300. The van der Waals surface area contributed by atoms with E-state index in [1.165, 1.54) is 62.9 Å². The Morgan fingerprint density at radius 2 is 1.54 bits per heavy atom. The van der Waals surface area contributed by atoms with Crippen molar-refractivity contribution in [1.82, 2.24) is 0 Å². The van der Waals surface area contributed by atoms with Gasteiger partial charge in [0.25, 0.3) is 0 Å². The summed E-state index contributed by atoms with van der Waals surface area (Å²) in [6, 6.07) is 0. The van der Waals surface area contributed by atoms with Crippen molar-refractivity contribution < 1.29 is 26.1 Å². The van der Waals surface area contributed by atoms with Crippen LogP contribution in [0.4, 0.5) is 13.2 Å². The van der Waals surface area contributed by atoms with Gasteiger partial charge in [-0.15, -0.1) is 0 Å². The Bertz CT molecular complexity index is 604. The van der Waals surface area contributed by atoms with Crippen LogP contribution in [0.5, 0.6) is 0 Å². The molecule has 1 aliphatic heterocycles. The lowest BCUT2D eigenvalue weighted by Gasteiger charge is -2.37. The second-order valence-electron chi connectivity index (χ2n) is 8.07. The zero-order chi connectivity index (χ0) is 20.8. The van der Waals surface area contributed by atoms with Gasteiger partial charge < -0.3 is 4.55 Å². The molecule has 1 heterocycles. The smallest absolute Gasteiger partial charge is 0.485 e. The minimum Gasteiger partial charge on any atom is -0.741 e. The van der Waals surface area contributed by atoms with Crippen molar-refractivity contribution >= 4 is 37.4 Å². The molecule has 9 heteroatoms. The maximum Gasteiger partial charge on any atom is 0.485 e. The van der Waals surface area contributed by atoms with Gasteiger partial charge in [-0.25, -0.2) is 8.42 Å². The predicted molar refractivity (Wildman–Crippen MR) is 111 cm³/mol. The molecule has 0 aromatic carbocycles. The van der Waals surface area contributed by atoms with Crippen LogP contribution in [-0.4, -0.2) is 34.2 Å². The van der Waals surface area contributed by atoms with Crippen molar-refractivity contribution in [3.8, 4) is 0 Å². The molecule has 0 unspecified atom stereocenters. The Hall–Kier alpha value is 0.140. The number of halogens is 3. The third-order valence-electron chi connectivity index (χ3n) is 6.30. The average Bonchev–Trinajstić information content (AvgIpc) is 2.68. The van der Waals surface area contributed by atoms with Gasteiger partial charge in [0.2, 0.25) is 4.20 Å². The maximum absolute atomic E-state index is 10.7. The Morgan fingerprint density at radius 3 is 1.93 bits per heavy atom. The van der Waals surface area contributed by atoms with E-state index < -0.39 is 15.6 Å². The molecule has 0 saturated heterocycles. The highest BCUT2D eigenvalue weighted by Gasteiger charge is 2.37. The van der Waals surface area contributed by atoms with Crippen LogP contribution in [0.25, 0.3) is 0 Å². The van der Waals surface area contributed by atoms with Crippen LogP contribution in [0.3, 0.4) is 0 Å². The van der Waals surface area contributed by atoms with E-state index in [2.05, 4.69) is 30.0 Å². The summed E-state index contributed by atoms with van der Waals surface area (Å²) < 4.78 is 60.7. The van der Waals surface area contributed by atoms with E-state index in [-0.39, 0.29) is 0 Å². The Kier molecular flexibility index (Phi) is 9.55. The largest absolute Gasteiger partial charge is 0.741 e. The second kappa shape index (κ2) is 11.0. The van der Waals surface area contributed by atoms with Crippen LogP contribution < -0.4 is 0 Å². The average molecular weight is 461 g/mol. The molecule has 0 atom stereocenters. The van der Waals surface area contributed by atoms with Crippen LogP contribution >= 0.6 is 11.8 Å². The number of rotatable bonds is 3. The van der Waals surface area contributed by atoms with Gasteiger partial charge in [0, 0.05) is 18.1 Å². The number of alkyl halides is 3. The number of thioether (sulfide) groups is 1. The topological polar surface area (TPSA) is 57.2 Å². The lowest BCUT2D eigenvalue weighted by Crippen LogP contribution is -2.28. The highest BCUT2D eigenvalue weighted by molar-refractivity contribution is 8.23.